The minimum atomic E-state index is -1.15. The van der Waals surface area contributed by atoms with Gasteiger partial charge in [0.15, 0.2) is 0 Å². The van der Waals surface area contributed by atoms with Gasteiger partial charge in [-0.15, -0.1) is 0 Å². The molecule has 0 radical (unpaired) electrons. The Morgan fingerprint density at radius 3 is 2.29 bits per heavy atom. The molecule has 2 heterocycles. The maximum atomic E-state index is 13.9. The highest BCUT2D eigenvalue weighted by Gasteiger charge is 2.48. The number of aromatic nitrogens is 2. The van der Waals surface area contributed by atoms with Crippen molar-refractivity contribution in [1.82, 2.24) is 20.0 Å². The van der Waals surface area contributed by atoms with Crippen LogP contribution in [0.15, 0.2) is 91.0 Å². The lowest BCUT2D eigenvalue weighted by Gasteiger charge is -2.43. The van der Waals surface area contributed by atoms with Crippen molar-refractivity contribution < 1.29 is 14.3 Å². The molecule has 0 fully saturated rings. The van der Waals surface area contributed by atoms with E-state index in [9.17, 15) is 9.59 Å². The number of fused-ring (bicyclic) bond motifs is 1. The van der Waals surface area contributed by atoms with Gasteiger partial charge in [0.05, 0.1) is 18.3 Å². The molecule has 1 N–H and O–H groups in total. The molecule has 7 heteroatoms. The van der Waals surface area contributed by atoms with Crippen LogP contribution in [0.4, 0.5) is 0 Å². The van der Waals surface area contributed by atoms with E-state index >= 15 is 0 Å². The predicted octanol–water partition coefficient (Wildman–Crippen LogP) is 5.07. The topological polar surface area (TPSA) is 76.5 Å². The molecule has 4 aromatic rings. The highest BCUT2D eigenvalue weighted by molar-refractivity contribution is 6.00. The van der Waals surface area contributed by atoms with E-state index in [1.807, 2.05) is 112 Å². The van der Waals surface area contributed by atoms with Gasteiger partial charge in [-0.3, -0.25) is 14.3 Å². The van der Waals surface area contributed by atoms with Crippen LogP contribution in [0.5, 0.6) is 5.75 Å². The second-order valence-electron chi connectivity index (χ2n) is 10.1. The van der Waals surface area contributed by atoms with Crippen LogP contribution in [-0.4, -0.2) is 38.1 Å². The van der Waals surface area contributed by atoms with Crippen LogP contribution in [0.1, 0.15) is 42.4 Å². The summed E-state index contributed by atoms with van der Waals surface area (Å²) >= 11 is 0. The summed E-state index contributed by atoms with van der Waals surface area (Å²) < 4.78 is 7.44. The summed E-state index contributed by atoms with van der Waals surface area (Å²) in [5.74, 6) is 0.311. The van der Waals surface area contributed by atoms with Crippen molar-refractivity contribution in [2.24, 2.45) is 0 Å². The number of amides is 2. The summed E-state index contributed by atoms with van der Waals surface area (Å²) in [5.41, 5.74) is 2.85. The number of rotatable bonds is 8. The Balaban J connectivity index is 1.46. The normalized spacial score (nSPS) is 16.8. The fourth-order valence-electron chi connectivity index (χ4n) is 4.74. The van der Waals surface area contributed by atoms with Crippen molar-refractivity contribution in [1.29, 1.82) is 0 Å². The maximum absolute atomic E-state index is 13.9. The molecular formula is C31H32N4O3. The van der Waals surface area contributed by atoms with Gasteiger partial charge < -0.3 is 15.0 Å². The molecule has 0 unspecified atom stereocenters. The Labute approximate surface area is 223 Å². The summed E-state index contributed by atoms with van der Waals surface area (Å²) in [6.45, 7) is 6.67. The van der Waals surface area contributed by atoms with Crippen molar-refractivity contribution in [2.45, 2.75) is 52.0 Å². The molecule has 1 aliphatic heterocycles. The van der Waals surface area contributed by atoms with E-state index in [1.165, 1.54) is 0 Å². The SMILES string of the molecule is CC(C)Oc1ccc(CN2C(=O)c3cc(-c4ccccc4)nn3C[C@@]2(C)C(=O)NCc2ccccc2)cc1. The lowest BCUT2D eigenvalue weighted by Crippen LogP contribution is -2.63. The second-order valence-corrected chi connectivity index (χ2v) is 10.1. The molecule has 3 aromatic carbocycles. The fraction of sp³-hybridized carbons (Fsp3) is 0.258. The number of ether oxygens (including phenoxy) is 1. The monoisotopic (exact) mass is 508 g/mol. The van der Waals surface area contributed by atoms with Gasteiger partial charge in [0.1, 0.15) is 17.0 Å². The summed E-state index contributed by atoms with van der Waals surface area (Å²) in [7, 11) is 0. The van der Waals surface area contributed by atoms with Crippen LogP contribution < -0.4 is 10.1 Å². The quantitative estimate of drug-likeness (QED) is 0.361. The van der Waals surface area contributed by atoms with E-state index in [1.54, 1.807) is 9.58 Å². The molecule has 0 spiro atoms. The van der Waals surface area contributed by atoms with Gasteiger partial charge >= 0.3 is 0 Å². The standard InChI is InChI=1S/C31H32N4O3/c1-22(2)38-26-16-14-24(15-17-26)20-34-29(36)28-18-27(25-12-8-5-9-13-25)33-35(28)21-31(34,3)30(37)32-19-23-10-6-4-7-11-23/h4-18,22H,19-21H2,1-3H3,(H,32,37)/t31-/m0/s1. The Hall–Kier alpha value is -4.39. The first-order valence-corrected chi connectivity index (χ1v) is 12.9. The van der Waals surface area contributed by atoms with Crippen molar-refractivity contribution in [3.05, 3.63) is 108 Å². The van der Waals surface area contributed by atoms with E-state index in [4.69, 9.17) is 9.84 Å². The average molecular weight is 509 g/mol. The van der Waals surface area contributed by atoms with Crippen molar-refractivity contribution in [3.63, 3.8) is 0 Å². The molecule has 1 aliphatic rings. The van der Waals surface area contributed by atoms with Crippen LogP contribution in [0, 0.1) is 0 Å². The average Bonchev–Trinajstić information content (AvgIpc) is 3.35. The number of nitrogens with zero attached hydrogens (tertiary/aromatic N) is 3. The molecule has 1 aromatic heterocycles. The minimum Gasteiger partial charge on any atom is -0.491 e. The van der Waals surface area contributed by atoms with Crippen LogP contribution in [0.3, 0.4) is 0 Å². The highest BCUT2D eigenvalue weighted by Crippen LogP contribution is 2.32. The first-order valence-electron chi connectivity index (χ1n) is 12.9. The molecule has 0 saturated carbocycles. The van der Waals surface area contributed by atoms with E-state index in [-0.39, 0.29) is 31.0 Å². The van der Waals surface area contributed by atoms with Crippen molar-refractivity contribution in [2.75, 3.05) is 0 Å². The minimum absolute atomic E-state index is 0.0696. The van der Waals surface area contributed by atoms with Crippen LogP contribution in [0.25, 0.3) is 11.3 Å². The van der Waals surface area contributed by atoms with Crippen LogP contribution in [-0.2, 0) is 24.4 Å². The van der Waals surface area contributed by atoms with E-state index < -0.39 is 5.54 Å². The number of carbonyl (C=O) groups excluding carboxylic acids is 2. The number of benzene rings is 3. The largest absolute Gasteiger partial charge is 0.491 e. The molecule has 38 heavy (non-hydrogen) atoms. The smallest absolute Gasteiger partial charge is 0.273 e. The molecule has 1 atom stereocenters. The molecule has 5 rings (SSSR count). The molecule has 7 nitrogen and oxygen atoms in total. The first kappa shape index (κ1) is 25.3. The summed E-state index contributed by atoms with van der Waals surface area (Å²) in [6.07, 6.45) is 0.0696. The Morgan fingerprint density at radius 1 is 0.974 bits per heavy atom. The molecular weight excluding hydrogens is 476 g/mol. The Bertz CT molecular complexity index is 1410. The molecule has 0 bridgehead atoms. The Morgan fingerprint density at radius 2 is 1.63 bits per heavy atom. The van der Waals surface area contributed by atoms with Gasteiger partial charge in [-0.25, -0.2) is 0 Å². The highest BCUT2D eigenvalue weighted by atomic mass is 16.5. The Kier molecular flexibility index (Phi) is 7.01. The zero-order chi connectivity index (χ0) is 26.7. The molecule has 0 saturated heterocycles. The van der Waals surface area contributed by atoms with Gasteiger partial charge in [0.2, 0.25) is 5.91 Å². The third kappa shape index (κ3) is 5.18. The molecule has 2 amide bonds. The van der Waals surface area contributed by atoms with Gasteiger partial charge in [0, 0.05) is 18.7 Å². The zero-order valence-electron chi connectivity index (χ0n) is 21.9. The number of hydrogen-bond acceptors (Lipinski definition) is 4. The number of carbonyl (C=O) groups is 2. The number of hydrogen-bond donors (Lipinski definition) is 1. The second kappa shape index (κ2) is 10.5. The lowest BCUT2D eigenvalue weighted by molar-refractivity contribution is -0.133. The lowest BCUT2D eigenvalue weighted by atomic mass is 9.94. The van der Waals surface area contributed by atoms with E-state index in [0.29, 0.717) is 17.9 Å². The van der Waals surface area contributed by atoms with Gasteiger partial charge in [-0.1, -0.05) is 72.8 Å². The third-order valence-corrected chi connectivity index (χ3v) is 6.79. The summed E-state index contributed by atoms with van der Waals surface area (Å²) in [5, 5.41) is 7.77. The predicted molar refractivity (Wildman–Crippen MR) is 146 cm³/mol. The zero-order valence-corrected chi connectivity index (χ0v) is 21.9. The van der Waals surface area contributed by atoms with E-state index in [2.05, 4.69) is 5.32 Å². The van der Waals surface area contributed by atoms with Crippen LogP contribution in [0.2, 0.25) is 0 Å². The molecule has 194 valence electrons. The van der Waals surface area contributed by atoms with Gasteiger partial charge in [-0.2, -0.15) is 5.10 Å². The fourth-order valence-corrected chi connectivity index (χ4v) is 4.74. The number of nitrogens with one attached hydrogen (secondary N) is 1. The van der Waals surface area contributed by atoms with Gasteiger partial charge in [0.25, 0.3) is 5.91 Å². The first-order chi connectivity index (χ1) is 18.3. The van der Waals surface area contributed by atoms with Crippen LogP contribution >= 0.6 is 0 Å². The summed E-state index contributed by atoms with van der Waals surface area (Å²) in [6, 6.07) is 29.0. The maximum Gasteiger partial charge on any atom is 0.273 e. The van der Waals surface area contributed by atoms with Crippen molar-refractivity contribution in [3.8, 4) is 17.0 Å². The van der Waals surface area contributed by atoms with Crippen molar-refractivity contribution >= 4 is 11.8 Å². The third-order valence-electron chi connectivity index (χ3n) is 6.79. The summed E-state index contributed by atoms with van der Waals surface area (Å²) in [4.78, 5) is 29.3. The molecule has 0 aliphatic carbocycles. The van der Waals surface area contributed by atoms with Gasteiger partial charge in [-0.05, 0) is 50.1 Å². The van der Waals surface area contributed by atoms with E-state index in [0.717, 1.165) is 22.4 Å².